The number of hydrogen-bond acceptors (Lipinski definition) is 6. The highest BCUT2D eigenvalue weighted by molar-refractivity contribution is 7.13. The van der Waals surface area contributed by atoms with Crippen LogP contribution >= 0.6 is 11.3 Å². The third-order valence-electron chi connectivity index (χ3n) is 3.77. The molecular weight excluding hydrogens is 300 g/mol. The normalized spacial score (nSPS) is 15.6. The second kappa shape index (κ2) is 6.04. The molecule has 2 aromatic rings. The van der Waals surface area contributed by atoms with Crippen molar-refractivity contribution in [1.82, 2.24) is 25.1 Å². The molecule has 0 atom stereocenters. The molecule has 1 amide bonds. The maximum atomic E-state index is 12.7. The van der Waals surface area contributed by atoms with E-state index in [1.54, 1.807) is 0 Å². The quantitative estimate of drug-likeness (QED) is 0.930. The minimum atomic E-state index is 0.0964. The second-order valence-corrected chi connectivity index (χ2v) is 6.74. The molecule has 3 rings (SSSR count). The second-order valence-electron chi connectivity index (χ2n) is 5.71. The van der Waals surface area contributed by atoms with Crippen molar-refractivity contribution in [3.05, 3.63) is 21.9 Å². The Morgan fingerprint density at radius 3 is 2.59 bits per heavy atom. The largest absolute Gasteiger partial charge is 0.338 e. The molecule has 0 radical (unpaired) electrons. The number of aromatic amines is 1. The fraction of sp³-hybridized carbons (Fsp3) is 0.571. The van der Waals surface area contributed by atoms with Gasteiger partial charge >= 0.3 is 0 Å². The summed E-state index contributed by atoms with van der Waals surface area (Å²) in [6.07, 6.45) is 1.50. The van der Waals surface area contributed by atoms with Crippen LogP contribution in [0.25, 0.3) is 0 Å². The maximum absolute atomic E-state index is 12.7. The van der Waals surface area contributed by atoms with Gasteiger partial charge in [0.25, 0.3) is 5.91 Å². The summed E-state index contributed by atoms with van der Waals surface area (Å²) in [6.45, 7) is 9.01. The molecule has 118 valence electrons. The zero-order chi connectivity index (χ0) is 15.7. The van der Waals surface area contributed by atoms with Crippen LogP contribution in [0.4, 0.5) is 5.95 Å². The lowest BCUT2D eigenvalue weighted by Crippen LogP contribution is -2.49. The highest BCUT2D eigenvalue weighted by atomic mass is 32.1. The highest BCUT2D eigenvalue weighted by Gasteiger charge is 2.26. The standard InChI is InChI=1S/C14H20N6OS/c1-9(2)12-17-10(3)11(22-12)13(21)19-4-6-20(7-5-19)14-15-8-16-18-14/h8-9H,4-7H2,1-3H3,(H,15,16,18). The molecule has 7 nitrogen and oxygen atoms in total. The summed E-state index contributed by atoms with van der Waals surface area (Å²) in [5.74, 6) is 1.22. The number of nitrogens with one attached hydrogen (secondary N) is 1. The van der Waals surface area contributed by atoms with Gasteiger partial charge in [0, 0.05) is 32.1 Å². The van der Waals surface area contributed by atoms with Crippen LogP contribution in [0.3, 0.4) is 0 Å². The van der Waals surface area contributed by atoms with Gasteiger partial charge in [0.1, 0.15) is 11.2 Å². The van der Waals surface area contributed by atoms with Crippen LogP contribution in [0.15, 0.2) is 6.33 Å². The molecule has 3 heterocycles. The molecule has 0 spiro atoms. The number of carbonyl (C=O) groups is 1. The number of hydrogen-bond donors (Lipinski definition) is 1. The van der Waals surface area contributed by atoms with Gasteiger partial charge in [-0.3, -0.25) is 4.79 Å². The lowest BCUT2D eigenvalue weighted by molar-refractivity contribution is 0.0750. The van der Waals surface area contributed by atoms with Crippen molar-refractivity contribution in [2.45, 2.75) is 26.7 Å². The van der Waals surface area contributed by atoms with Crippen molar-refractivity contribution in [3.63, 3.8) is 0 Å². The van der Waals surface area contributed by atoms with E-state index < -0.39 is 0 Å². The minimum Gasteiger partial charge on any atom is -0.338 e. The van der Waals surface area contributed by atoms with E-state index in [2.05, 4.69) is 38.9 Å². The van der Waals surface area contributed by atoms with Crippen LogP contribution in [-0.2, 0) is 0 Å². The van der Waals surface area contributed by atoms with E-state index in [0.717, 1.165) is 34.6 Å². The number of aromatic nitrogens is 4. The number of amides is 1. The Morgan fingerprint density at radius 1 is 1.32 bits per heavy atom. The lowest BCUT2D eigenvalue weighted by atomic mass is 10.2. The van der Waals surface area contributed by atoms with E-state index in [0.29, 0.717) is 19.0 Å². The molecule has 1 saturated heterocycles. The predicted molar refractivity (Wildman–Crippen MR) is 85.4 cm³/mol. The van der Waals surface area contributed by atoms with Gasteiger partial charge < -0.3 is 9.80 Å². The molecule has 0 aliphatic carbocycles. The average Bonchev–Trinajstić information content (AvgIpc) is 3.16. The lowest BCUT2D eigenvalue weighted by Gasteiger charge is -2.34. The number of nitrogens with zero attached hydrogens (tertiary/aromatic N) is 5. The van der Waals surface area contributed by atoms with Gasteiger partial charge in [-0.1, -0.05) is 13.8 Å². The van der Waals surface area contributed by atoms with Crippen molar-refractivity contribution in [3.8, 4) is 0 Å². The molecule has 0 bridgehead atoms. The highest BCUT2D eigenvalue weighted by Crippen LogP contribution is 2.26. The van der Waals surface area contributed by atoms with Gasteiger partial charge in [-0.25, -0.2) is 10.1 Å². The molecule has 1 fully saturated rings. The summed E-state index contributed by atoms with van der Waals surface area (Å²) in [5.41, 5.74) is 0.844. The zero-order valence-electron chi connectivity index (χ0n) is 13.0. The van der Waals surface area contributed by atoms with Crippen molar-refractivity contribution in [1.29, 1.82) is 0 Å². The number of H-pyrrole nitrogens is 1. The van der Waals surface area contributed by atoms with Crippen LogP contribution in [0.5, 0.6) is 0 Å². The van der Waals surface area contributed by atoms with E-state index >= 15 is 0 Å². The summed E-state index contributed by atoms with van der Waals surface area (Å²) in [7, 11) is 0. The molecule has 0 unspecified atom stereocenters. The maximum Gasteiger partial charge on any atom is 0.265 e. The average molecular weight is 320 g/mol. The van der Waals surface area contributed by atoms with Crippen molar-refractivity contribution < 1.29 is 4.79 Å². The Hall–Kier alpha value is -1.96. The Bertz CT molecular complexity index is 642. The van der Waals surface area contributed by atoms with Crippen LogP contribution in [0.1, 0.15) is 40.1 Å². The van der Waals surface area contributed by atoms with E-state index in [-0.39, 0.29) is 5.91 Å². The van der Waals surface area contributed by atoms with E-state index in [1.807, 2.05) is 11.8 Å². The summed E-state index contributed by atoms with van der Waals surface area (Å²) in [5, 5.41) is 7.75. The fourth-order valence-corrected chi connectivity index (χ4v) is 3.52. The smallest absolute Gasteiger partial charge is 0.265 e. The third kappa shape index (κ3) is 2.83. The Kier molecular flexibility index (Phi) is 4.10. The Morgan fingerprint density at radius 2 is 2.05 bits per heavy atom. The van der Waals surface area contributed by atoms with Crippen molar-refractivity contribution >= 4 is 23.2 Å². The van der Waals surface area contributed by atoms with Gasteiger partial charge in [-0.05, 0) is 6.92 Å². The van der Waals surface area contributed by atoms with E-state index in [4.69, 9.17) is 0 Å². The predicted octanol–water partition coefficient (Wildman–Crippen LogP) is 1.66. The molecular formula is C14H20N6OS. The summed E-state index contributed by atoms with van der Waals surface area (Å²) >= 11 is 1.52. The Labute approximate surface area is 133 Å². The van der Waals surface area contributed by atoms with Crippen LogP contribution in [-0.4, -0.2) is 57.2 Å². The first kappa shape index (κ1) is 15.0. The van der Waals surface area contributed by atoms with Crippen LogP contribution in [0.2, 0.25) is 0 Å². The van der Waals surface area contributed by atoms with Gasteiger partial charge in [0.05, 0.1) is 10.7 Å². The van der Waals surface area contributed by atoms with Crippen LogP contribution < -0.4 is 4.90 Å². The zero-order valence-corrected chi connectivity index (χ0v) is 13.9. The van der Waals surface area contributed by atoms with Gasteiger partial charge in [-0.15, -0.1) is 11.3 Å². The topological polar surface area (TPSA) is 78.0 Å². The summed E-state index contributed by atoms with van der Waals surface area (Å²) in [4.78, 5) is 26.1. The summed E-state index contributed by atoms with van der Waals surface area (Å²) in [6, 6.07) is 0. The fourth-order valence-electron chi connectivity index (χ4n) is 2.48. The van der Waals surface area contributed by atoms with Crippen LogP contribution in [0, 0.1) is 6.92 Å². The number of anilines is 1. The number of thiazole rings is 1. The molecule has 1 N–H and O–H groups in total. The molecule has 1 aliphatic rings. The minimum absolute atomic E-state index is 0.0964. The third-order valence-corrected chi connectivity index (χ3v) is 5.22. The molecule has 22 heavy (non-hydrogen) atoms. The number of piperazine rings is 1. The monoisotopic (exact) mass is 320 g/mol. The number of aryl methyl sites for hydroxylation is 1. The van der Waals surface area contributed by atoms with Gasteiger partial charge in [0.2, 0.25) is 5.95 Å². The molecule has 0 saturated carbocycles. The number of rotatable bonds is 3. The van der Waals surface area contributed by atoms with E-state index in [1.165, 1.54) is 17.7 Å². The first-order valence-corrected chi connectivity index (χ1v) is 8.25. The van der Waals surface area contributed by atoms with Gasteiger partial charge in [0.15, 0.2) is 0 Å². The molecule has 8 heteroatoms. The molecule has 0 aromatic carbocycles. The van der Waals surface area contributed by atoms with Crippen molar-refractivity contribution in [2.24, 2.45) is 0 Å². The van der Waals surface area contributed by atoms with E-state index in [9.17, 15) is 4.79 Å². The van der Waals surface area contributed by atoms with Crippen molar-refractivity contribution in [2.75, 3.05) is 31.1 Å². The molecule has 2 aromatic heterocycles. The summed E-state index contributed by atoms with van der Waals surface area (Å²) < 4.78 is 0. The molecule has 1 aliphatic heterocycles. The Balaban J connectivity index is 1.67. The number of carbonyl (C=O) groups excluding carboxylic acids is 1. The van der Waals surface area contributed by atoms with Gasteiger partial charge in [-0.2, -0.15) is 10.1 Å². The first-order chi connectivity index (χ1) is 10.6. The first-order valence-electron chi connectivity index (χ1n) is 7.43. The SMILES string of the molecule is Cc1nc(C(C)C)sc1C(=O)N1CCN(c2ncn[nH]2)CC1.